The minimum atomic E-state index is -0.155. The molecule has 13 heavy (non-hydrogen) atoms. The minimum Gasteiger partial charge on any atom is -0.392 e. The molecule has 0 aliphatic heterocycles. The third-order valence-corrected chi connectivity index (χ3v) is 3.20. The summed E-state index contributed by atoms with van der Waals surface area (Å²) in [5, 5.41) is 9.95. The third kappa shape index (κ3) is 2.84. The molecule has 1 aliphatic rings. The van der Waals surface area contributed by atoms with E-state index in [1.54, 1.807) is 0 Å². The number of hydrogen-bond acceptors (Lipinski definition) is 1. The Labute approximate surface area is 81.9 Å². The zero-order chi connectivity index (χ0) is 10.0. The first-order chi connectivity index (χ1) is 6.00. The van der Waals surface area contributed by atoms with Crippen molar-refractivity contribution in [2.75, 3.05) is 0 Å². The molecular formula is C12H22O. The maximum atomic E-state index is 9.95. The zero-order valence-electron chi connectivity index (χ0n) is 9.09. The molecule has 0 aromatic rings. The minimum absolute atomic E-state index is 0.155. The lowest BCUT2D eigenvalue weighted by Crippen LogP contribution is -2.21. The smallest absolute Gasteiger partial charge is 0.0607 e. The number of aliphatic hydroxyl groups excluding tert-OH is 1. The first-order valence-electron chi connectivity index (χ1n) is 5.34. The van der Waals surface area contributed by atoms with Crippen molar-refractivity contribution in [2.24, 2.45) is 17.8 Å². The molecule has 1 saturated carbocycles. The van der Waals surface area contributed by atoms with E-state index in [1.807, 2.05) is 6.92 Å². The second kappa shape index (κ2) is 4.28. The van der Waals surface area contributed by atoms with Crippen molar-refractivity contribution in [1.29, 1.82) is 0 Å². The molecule has 1 heteroatoms. The molecule has 0 spiro atoms. The predicted molar refractivity (Wildman–Crippen MR) is 56.5 cm³/mol. The lowest BCUT2D eigenvalue weighted by atomic mass is 9.88. The Bertz CT molecular complexity index is 186. The third-order valence-electron chi connectivity index (χ3n) is 3.20. The van der Waals surface area contributed by atoms with Crippen LogP contribution in [-0.4, -0.2) is 11.2 Å². The SMILES string of the molecule is C=C(C)C1CC(C)CC(C)CC1O. The number of aliphatic hydroxyl groups is 1. The van der Waals surface area contributed by atoms with E-state index >= 15 is 0 Å². The standard InChI is InChI=1S/C12H22O/c1-8(2)11-6-9(3)5-10(4)7-12(11)13/h9-13H,1,5-7H2,2-4H3. The van der Waals surface area contributed by atoms with E-state index < -0.39 is 0 Å². The molecule has 1 rings (SSSR count). The molecule has 1 aliphatic carbocycles. The summed E-state index contributed by atoms with van der Waals surface area (Å²) < 4.78 is 0. The van der Waals surface area contributed by atoms with Crippen molar-refractivity contribution in [3.05, 3.63) is 12.2 Å². The molecule has 0 radical (unpaired) electrons. The molecule has 76 valence electrons. The van der Waals surface area contributed by atoms with Crippen LogP contribution < -0.4 is 0 Å². The molecule has 1 nitrogen and oxygen atoms in total. The van der Waals surface area contributed by atoms with E-state index in [0.29, 0.717) is 11.8 Å². The van der Waals surface area contributed by atoms with Crippen LogP contribution in [0, 0.1) is 17.8 Å². The number of hydrogen-bond donors (Lipinski definition) is 1. The second-order valence-electron chi connectivity index (χ2n) is 4.94. The average molecular weight is 182 g/mol. The monoisotopic (exact) mass is 182 g/mol. The fourth-order valence-corrected chi connectivity index (χ4v) is 2.58. The van der Waals surface area contributed by atoms with Gasteiger partial charge in [-0.25, -0.2) is 0 Å². The van der Waals surface area contributed by atoms with E-state index in [4.69, 9.17) is 0 Å². The van der Waals surface area contributed by atoms with Crippen LogP contribution in [0.2, 0.25) is 0 Å². The van der Waals surface area contributed by atoms with Gasteiger partial charge in [0.05, 0.1) is 6.10 Å². The molecule has 4 atom stereocenters. The van der Waals surface area contributed by atoms with E-state index in [0.717, 1.165) is 24.3 Å². The van der Waals surface area contributed by atoms with Crippen molar-refractivity contribution < 1.29 is 5.11 Å². The van der Waals surface area contributed by atoms with Gasteiger partial charge in [-0.05, 0) is 38.0 Å². The highest BCUT2D eigenvalue weighted by molar-refractivity contribution is 5.01. The molecule has 1 N–H and O–H groups in total. The maximum absolute atomic E-state index is 9.95. The Morgan fingerprint density at radius 1 is 1.15 bits per heavy atom. The summed E-state index contributed by atoms with van der Waals surface area (Å²) in [4.78, 5) is 0. The summed E-state index contributed by atoms with van der Waals surface area (Å²) in [7, 11) is 0. The van der Waals surface area contributed by atoms with Crippen molar-refractivity contribution in [1.82, 2.24) is 0 Å². The Kier molecular flexibility index (Phi) is 3.55. The largest absolute Gasteiger partial charge is 0.392 e. The molecule has 0 aromatic carbocycles. The molecule has 1 fully saturated rings. The van der Waals surface area contributed by atoms with Crippen LogP contribution >= 0.6 is 0 Å². The van der Waals surface area contributed by atoms with Crippen molar-refractivity contribution in [3.8, 4) is 0 Å². The second-order valence-corrected chi connectivity index (χ2v) is 4.94. The van der Waals surface area contributed by atoms with Crippen LogP contribution in [0.5, 0.6) is 0 Å². The van der Waals surface area contributed by atoms with Crippen LogP contribution in [0.4, 0.5) is 0 Å². The highest BCUT2D eigenvalue weighted by atomic mass is 16.3. The fraction of sp³-hybridized carbons (Fsp3) is 0.833. The van der Waals surface area contributed by atoms with Gasteiger partial charge in [-0.15, -0.1) is 0 Å². The van der Waals surface area contributed by atoms with E-state index in [9.17, 15) is 5.11 Å². The van der Waals surface area contributed by atoms with Gasteiger partial charge >= 0.3 is 0 Å². The van der Waals surface area contributed by atoms with Gasteiger partial charge in [-0.2, -0.15) is 0 Å². The van der Waals surface area contributed by atoms with Gasteiger partial charge < -0.3 is 5.11 Å². The molecule has 0 bridgehead atoms. The quantitative estimate of drug-likeness (QED) is 0.488. The average Bonchev–Trinajstić information content (AvgIpc) is 2.09. The lowest BCUT2D eigenvalue weighted by molar-refractivity contribution is 0.106. The maximum Gasteiger partial charge on any atom is 0.0607 e. The Morgan fingerprint density at radius 2 is 1.69 bits per heavy atom. The fourth-order valence-electron chi connectivity index (χ4n) is 2.58. The van der Waals surface area contributed by atoms with Gasteiger partial charge in [-0.1, -0.05) is 26.0 Å². The first kappa shape index (κ1) is 10.8. The summed E-state index contributed by atoms with van der Waals surface area (Å²) in [5.41, 5.74) is 1.15. The van der Waals surface area contributed by atoms with Crippen molar-refractivity contribution >= 4 is 0 Å². The van der Waals surface area contributed by atoms with Crippen molar-refractivity contribution in [2.45, 2.75) is 46.1 Å². The Balaban J connectivity index is 2.68. The van der Waals surface area contributed by atoms with Gasteiger partial charge in [-0.3, -0.25) is 0 Å². The number of rotatable bonds is 1. The zero-order valence-corrected chi connectivity index (χ0v) is 9.09. The van der Waals surface area contributed by atoms with Crippen LogP contribution in [-0.2, 0) is 0 Å². The topological polar surface area (TPSA) is 20.2 Å². The summed E-state index contributed by atoms with van der Waals surface area (Å²) in [6.07, 6.45) is 3.15. The van der Waals surface area contributed by atoms with Crippen molar-refractivity contribution in [3.63, 3.8) is 0 Å². The van der Waals surface area contributed by atoms with Gasteiger partial charge in [0.2, 0.25) is 0 Å². The molecule has 0 saturated heterocycles. The summed E-state index contributed by atoms with van der Waals surface area (Å²) in [5.74, 6) is 1.73. The molecular weight excluding hydrogens is 160 g/mol. The molecule has 0 heterocycles. The van der Waals surface area contributed by atoms with E-state index in [-0.39, 0.29) is 6.10 Å². The molecule has 0 aromatic heterocycles. The van der Waals surface area contributed by atoms with Crippen LogP contribution in [0.25, 0.3) is 0 Å². The van der Waals surface area contributed by atoms with Gasteiger partial charge in [0.15, 0.2) is 0 Å². The highest BCUT2D eigenvalue weighted by Gasteiger charge is 2.28. The van der Waals surface area contributed by atoms with Crippen LogP contribution in [0.15, 0.2) is 12.2 Å². The molecule has 0 amide bonds. The van der Waals surface area contributed by atoms with Gasteiger partial charge in [0, 0.05) is 5.92 Å². The van der Waals surface area contributed by atoms with Gasteiger partial charge in [0.25, 0.3) is 0 Å². The van der Waals surface area contributed by atoms with E-state index in [1.165, 1.54) is 6.42 Å². The highest BCUT2D eigenvalue weighted by Crippen LogP contribution is 2.34. The summed E-state index contributed by atoms with van der Waals surface area (Å²) in [6, 6.07) is 0. The first-order valence-corrected chi connectivity index (χ1v) is 5.34. The van der Waals surface area contributed by atoms with Gasteiger partial charge in [0.1, 0.15) is 0 Å². The Morgan fingerprint density at radius 3 is 2.23 bits per heavy atom. The van der Waals surface area contributed by atoms with E-state index in [2.05, 4.69) is 20.4 Å². The predicted octanol–water partition coefficient (Wildman–Crippen LogP) is 3.00. The van der Waals surface area contributed by atoms with Crippen LogP contribution in [0.3, 0.4) is 0 Å². The van der Waals surface area contributed by atoms with Crippen LogP contribution in [0.1, 0.15) is 40.0 Å². The molecule has 4 unspecified atom stereocenters. The normalized spacial score (nSPS) is 41.2. The summed E-state index contributed by atoms with van der Waals surface area (Å²) >= 11 is 0. The Hall–Kier alpha value is -0.300. The summed E-state index contributed by atoms with van der Waals surface area (Å²) in [6.45, 7) is 10.5. The lowest BCUT2D eigenvalue weighted by Gasteiger charge is -2.22.